The average Bonchev–Trinajstić information content (AvgIpc) is 2.78. The summed E-state index contributed by atoms with van der Waals surface area (Å²) in [7, 11) is 0. The van der Waals surface area contributed by atoms with Gasteiger partial charge in [-0.2, -0.15) is 79.0 Å². The molecule has 0 fully saturated rings. The first-order valence-electron chi connectivity index (χ1n) is 12.3. The average molecular weight is 648 g/mol. The van der Waals surface area contributed by atoms with Gasteiger partial charge in [0.25, 0.3) is 0 Å². The maximum atomic E-state index is 13.9. The molecule has 0 aromatic rings. The fourth-order valence-corrected chi connectivity index (χ4v) is 3.61. The normalized spacial score (nSPS) is 15.7. The van der Waals surface area contributed by atoms with Crippen LogP contribution in [-0.2, 0) is 0 Å². The van der Waals surface area contributed by atoms with E-state index in [4.69, 9.17) is 0 Å². The summed E-state index contributed by atoms with van der Waals surface area (Å²) in [6.45, 7) is 2.73. The van der Waals surface area contributed by atoms with E-state index >= 15 is 0 Å². The van der Waals surface area contributed by atoms with Gasteiger partial charge in [0.1, 0.15) is 0 Å². The van der Waals surface area contributed by atoms with Crippen LogP contribution in [0.4, 0.5) is 79.0 Å². The number of halogens is 18. The molecule has 0 heterocycles. The second kappa shape index (κ2) is 12.8. The minimum Gasteiger partial charge on any atom is -0.200 e. The summed E-state index contributed by atoms with van der Waals surface area (Å²) < 4.78 is 244. The monoisotopic (exact) mass is 648 g/mol. The van der Waals surface area contributed by atoms with E-state index < -0.39 is 73.1 Å². The first-order chi connectivity index (χ1) is 17.9. The van der Waals surface area contributed by atoms with Gasteiger partial charge in [0.15, 0.2) is 0 Å². The number of rotatable bonds is 19. The number of hydrogen-bond acceptors (Lipinski definition) is 0. The van der Waals surface area contributed by atoms with Gasteiger partial charge in [0, 0.05) is 13.3 Å². The van der Waals surface area contributed by atoms with Crippen LogP contribution in [0.3, 0.4) is 0 Å². The van der Waals surface area contributed by atoms with Gasteiger partial charge in [0.2, 0.25) is 0 Å². The molecule has 0 nitrogen and oxygen atoms in total. The molecule has 0 amide bonds. The second-order valence-electron chi connectivity index (χ2n) is 10.4. The Morgan fingerprint density at radius 2 is 0.634 bits per heavy atom. The van der Waals surface area contributed by atoms with E-state index in [1.54, 1.807) is 0 Å². The quantitative estimate of drug-likeness (QED) is 0.0966. The highest BCUT2D eigenvalue weighted by atomic mass is 19.4. The van der Waals surface area contributed by atoms with E-state index in [-0.39, 0.29) is 12.8 Å². The fraction of sp³-hybridized carbons (Fsp3) is 1.00. The fourth-order valence-electron chi connectivity index (χ4n) is 3.61. The summed E-state index contributed by atoms with van der Waals surface area (Å²) in [6, 6.07) is 0. The maximum Gasteiger partial charge on any atom is 0.385 e. The van der Waals surface area contributed by atoms with Crippen molar-refractivity contribution in [3.63, 3.8) is 0 Å². The predicted molar refractivity (Wildman–Crippen MR) is 111 cm³/mol. The van der Waals surface area contributed by atoms with Crippen LogP contribution < -0.4 is 0 Å². The molecule has 0 aromatic heterocycles. The highest BCUT2D eigenvalue weighted by molar-refractivity contribution is 5.17. The van der Waals surface area contributed by atoms with Crippen LogP contribution in [0.25, 0.3) is 0 Å². The highest BCUT2D eigenvalue weighted by Gasteiger charge is 2.95. The molecule has 0 aliphatic heterocycles. The summed E-state index contributed by atoms with van der Waals surface area (Å²) in [5, 5.41) is 0. The third kappa shape index (κ3) is 7.28. The van der Waals surface area contributed by atoms with E-state index in [1.807, 2.05) is 13.8 Å². The van der Waals surface area contributed by atoms with Gasteiger partial charge < -0.3 is 0 Å². The van der Waals surface area contributed by atoms with E-state index in [1.165, 1.54) is 0 Å². The van der Waals surface area contributed by atoms with Gasteiger partial charge in [0.05, 0.1) is 0 Å². The molecule has 0 rings (SSSR count). The molecule has 0 atom stereocenters. The summed E-state index contributed by atoms with van der Waals surface area (Å²) in [5.74, 6) is -70.0. The second-order valence-corrected chi connectivity index (χ2v) is 10.4. The van der Waals surface area contributed by atoms with Gasteiger partial charge in [-0.15, -0.1) is 0 Å². The molecular formula is C23H30F18. The molecule has 0 radical (unpaired) electrons. The van der Waals surface area contributed by atoms with E-state index in [0.29, 0.717) is 25.2 Å². The molecule has 18 heteroatoms. The van der Waals surface area contributed by atoms with Gasteiger partial charge in [-0.3, -0.25) is 0 Å². The lowest BCUT2D eigenvalue weighted by Gasteiger charge is -2.44. The molecule has 0 spiro atoms. The van der Waals surface area contributed by atoms with E-state index in [9.17, 15) is 79.0 Å². The Kier molecular flexibility index (Phi) is 12.4. The maximum absolute atomic E-state index is 13.9. The Balaban J connectivity index is 5.75. The van der Waals surface area contributed by atoms with Gasteiger partial charge in [-0.25, -0.2) is 0 Å². The van der Waals surface area contributed by atoms with Crippen LogP contribution in [0.1, 0.15) is 85.0 Å². The third-order valence-corrected chi connectivity index (χ3v) is 6.40. The highest BCUT2D eigenvalue weighted by Crippen LogP contribution is 2.65. The van der Waals surface area contributed by atoms with Crippen molar-refractivity contribution in [1.29, 1.82) is 0 Å². The van der Waals surface area contributed by atoms with Crippen LogP contribution in [0.15, 0.2) is 0 Å². The molecular weight excluding hydrogens is 618 g/mol. The standard InChI is InChI=1S/C23H30F18/c1-14(2)12-10-8-6-4-5-7-9-11-13-16(26,27)18(30,31)20(34,35)22(38,39)23(40,41)21(36,37)19(32,33)17(28,29)15(3,24)25/h14H,4-13H2,1-3H3. The molecule has 0 aliphatic carbocycles. The van der Waals surface area contributed by atoms with Crippen LogP contribution in [0.2, 0.25) is 0 Å². The Morgan fingerprint density at radius 1 is 0.366 bits per heavy atom. The van der Waals surface area contributed by atoms with Gasteiger partial charge in [-0.05, 0) is 12.3 Å². The molecule has 0 N–H and O–H groups in total. The minimum atomic E-state index is -8.70. The van der Waals surface area contributed by atoms with Crippen molar-refractivity contribution < 1.29 is 79.0 Å². The zero-order valence-corrected chi connectivity index (χ0v) is 22.0. The lowest BCUT2D eigenvalue weighted by atomic mass is 9.86. The first-order valence-corrected chi connectivity index (χ1v) is 12.3. The molecule has 0 bridgehead atoms. The van der Waals surface area contributed by atoms with Crippen molar-refractivity contribution in [1.82, 2.24) is 0 Å². The zero-order chi connectivity index (χ0) is 33.1. The molecule has 0 unspecified atom stereocenters. The first kappa shape index (κ1) is 39.7. The molecule has 0 saturated carbocycles. The van der Waals surface area contributed by atoms with Gasteiger partial charge in [-0.1, -0.05) is 65.2 Å². The number of hydrogen-bond donors (Lipinski definition) is 0. The van der Waals surface area contributed by atoms with Crippen LogP contribution >= 0.6 is 0 Å². The smallest absolute Gasteiger partial charge is 0.200 e. The SMILES string of the molecule is CC(C)CCCCCCCCCCC(F)(F)C(F)(F)C(F)(F)C(F)(F)C(F)(F)C(F)(F)C(F)(F)C(F)(F)C(C)(F)F. The molecule has 0 saturated heterocycles. The zero-order valence-electron chi connectivity index (χ0n) is 22.0. The minimum absolute atomic E-state index is 0.0635. The molecule has 248 valence electrons. The van der Waals surface area contributed by atoms with Crippen molar-refractivity contribution in [2.75, 3.05) is 0 Å². The Bertz CT molecular complexity index is 810. The van der Waals surface area contributed by atoms with E-state index in [0.717, 1.165) is 19.3 Å². The van der Waals surface area contributed by atoms with Crippen molar-refractivity contribution in [2.45, 2.75) is 138 Å². The molecule has 41 heavy (non-hydrogen) atoms. The van der Waals surface area contributed by atoms with Crippen molar-refractivity contribution in [2.24, 2.45) is 5.92 Å². The summed E-state index contributed by atoms with van der Waals surface area (Å²) >= 11 is 0. The van der Waals surface area contributed by atoms with Crippen molar-refractivity contribution >= 4 is 0 Å². The third-order valence-electron chi connectivity index (χ3n) is 6.40. The van der Waals surface area contributed by atoms with Crippen molar-refractivity contribution in [3.05, 3.63) is 0 Å². The summed E-state index contributed by atoms with van der Waals surface area (Å²) in [5.41, 5.74) is 0. The largest absolute Gasteiger partial charge is 0.385 e. The molecule has 0 aliphatic rings. The van der Waals surface area contributed by atoms with Gasteiger partial charge >= 0.3 is 53.3 Å². The topological polar surface area (TPSA) is 0 Å². The predicted octanol–water partition coefficient (Wildman–Crippen LogP) is 11.3. The Morgan fingerprint density at radius 3 is 0.951 bits per heavy atom. The Hall–Kier alpha value is -1.26. The number of alkyl halides is 18. The lowest BCUT2D eigenvalue weighted by molar-refractivity contribution is -0.461. The van der Waals surface area contributed by atoms with Crippen molar-refractivity contribution in [3.8, 4) is 0 Å². The summed E-state index contributed by atoms with van der Waals surface area (Å²) in [6.07, 6.45) is 0.517. The van der Waals surface area contributed by atoms with Crippen LogP contribution in [0.5, 0.6) is 0 Å². The summed E-state index contributed by atoms with van der Waals surface area (Å²) in [4.78, 5) is 0. The van der Waals surface area contributed by atoms with Crippen LogP contribution in [-0.4, -0.2) is 53.3 Å². The Labute approximate surface area is 224 Å². The number of unbranched alkanes of at least 4 members (excludes halogenated alkanes) is 7. The molecule has 0 aromatic carbocycles. The van der Waals surface area contributed by atoms with Crippen LogP contribution in [0, 0.1) is 5.92 Å². The van der Waals surface area contributed by atoms with E-state index in [2.05, 4.69) is 0 Å². The lowest BCUT2D eigenvalue weighted by Crippen LogP contribution is -2.75.